The summed E-state index contributed by atoms with van der Waals surface area (Å²) in [5, 5.41) is 9.34. The first-order valence-corrected chi connectivity index (χ1v) is 3.52. The van der Waals surface area contributed by atoms with Gasteiger partial charge in [-0.1, -0.05) is 31.6 Å². The predicted molar refractivity (Wildman–Crippen MR) is 49.4 cm³/mol. The van der Waals surface area contributed by atoms with Crippen LogP contribution in [-0.4, -0.2) is 12.4 Å². The van der Waals surface area contributed by atoms with Crippen LogP contribution in [0, 0.1) is 0 Å². The van der Waals surface area contributed by atoms with Gasteiger partial charge in [-0.05, 0) is 17.1 Å². The predicted octanol–water partition coefficient (Wildman–Crippen LogP) is 1.41. The van der Waals surface area contributed by atoms with Crippen LogP contribution in [0.15, 0.2) is 24.8 Å². The smallest absolute Gasteiger partial charge is 0.153 e. The van der Waals surface area contributed by atoms with Crippen LogP contribution in [0.5, 0.6) is 5.75 Å². The van der Waals surface area contributed by atoms with Crippen LogP contribution in [-0.2, 0) is 0 Å². The maximum absolute atomic E-state index is 9.34. The number of hydrogen-bond acceptors (Lipinski definition) is 1. The van der Waals surface area contributed by atoms with E-state index in [-0.39, 0.29) is 0 Å². The van der Waals surface area contributed by atoms with Gasteiger partial charge >= 0.3 is 0 Å². The van der Waals surface area contributed by atoms with E-state index in [9.17, 15) is 5.11 Å². The molecule has 1 aromatic carbocycles. The van der Waals surface area contributed by atoms with Crippen LogP contribution in [0.25, 0.3) is 6.08 Å². The molecule has 0 saturated carbocycles. The summed E-state index contributed by atoms with van der Waals surface area (Å²) in [5.74, 6) is 0.310. The summed E-state index contributed by atoms with van der Waals surface area (Å²) >= 11 is 0. The summed E-state index contributed by atoms with van der Waals surface area (Å²) < 4.78 is 0. The fraction of sp³-hybridized carbons (Fsp3) is 0.111. The molecule has 0 aromatic heterocycles. The Morgan fingerprint density at radius 2 is 2.27 bits per heavy atom. The van der Waals surface area contributed by atoms with E-state index in [1.165, 1.54) is 0 Å². The molecule has 0 spiro atoms. The molecule has 0 saturated heterocycles. The van der Waals surface area contributed by atoms with Crippen LogP contribution < -0.4 is 5.46 Å². The van der Waals surface area contributed by atoms with E-state index < -0.39 is 0 Å². The van der Waals surface area contributed by atoms with Crippen molar-refractivity contribution in [2.24, 2.45) is 0 Å². The zero-order chi connectivity index (χ0) is 8.27. The lowest BCUT2D eigenvalue weighted by molar-refractivity contribution is 0.479. The summed E-state index contributed by atoms with van der Waals surface area (Å²) in [6.45, 7) is 5.50. The minimum absolute atomic E-state index is 0.310. The number of rotatable bonds is 2. The number of hydrogen-bond donors (Lipinski definition) is 1. The normalized spacial score (nSPS) is 9.18. The van der Waals surface area contributed by atoms with Crippen LogP contribution in [0.3, 0.4) is 0 Å². The molecule has 0 unspecified atom stereocenters. The first kappa shape index (κ1) is 7.93. The van der Waals surface area contributed by atoms with Gasteiger partial charge < -0.3 is 5.11 Å². The third kappa shape index (κ3) is 1.64. The van der Waals surface area contributed by atoms with Gasteiger partial charge in [0.25, 0.3) is 0 Å². The topological polar surface area (TPSA) is 20.2 Å². The van der Waals surface area contributed by atoms with Crippen molar-refractivity contribution >= 4 is 18.8 Å². The minimum atomic E-state index is 0.310. The fourth-order valence-corrected chi connectivity index (χ4v) is 0.932. The highest BCUT2D eigenvalue weighted by atomic mass is 16.3. The van der Waals surface area contributed by atoms with Crippen molar-refractivity contribution in [2.75, 3.05) is 0 Å². The molecule has 55 valence electrons. The molecule has 1 radical (unpaired) electrons. The van der Waals surface area contributed by atoms with E-state index in [0.717, 1.165) is 11.0 Å². The maximum atomic E-state index is 9.34. The number of phenols is 1. The molecule has 0 aliphatic rings. The first-order chi connectivity index (χ1) is 5.27. The van der Waals surface area contributed by atoms with Gasteiger partial charge in [-0.15, -0.1) is 0 Å². The minimum Gasteiger partial charge on any atom is -0.509 e. The van der Waals surface area contributed by atoms with Crippen LogP contribution in [0.2, 0.25) is 6.82 Å². The number of aromatic hydroxyl groups is 1. The van der Waals surface area contributed by atoms with Crippen molar-refractivity contribution in [3.8, 4) is 5.75 Å². The highest BCUT2D eigenvalue weighted by molar-refractivity contribution is 6.53. The van der Waals surface area contributed by atoms with E-state index in [0.29, 0.717) is 5.75 Å². The highest BCUT2D eigenvalue weighted by Gasteiger charge is 1.97. The molecule has 1 aromatic rings. The molecule has 2 heteroatoms. The van der Waals surface area contributed by atoms with Crippen molar-refractivity contribution in [3.63, 3.8) is 0 Å². The molecule has 0 atom stereocenters. The standard InChI is InChI=1S/C9H10BO/c1-3-7-4-5-8(10-2)9(11)6-7/h3-6,11H,1H2,2H3. The molecule has 1 nitrogen and oxygen atoms in total. The van der Waals surface area contributed by atoms with E-state index in [1.807, 2.05) is 26.2 Å². The molecule has 0 amide bonds. The second-order valence-electron chi connectivity index (χ2n) is 2.31. The lowest BCUT2D eigenvalue weighted by Gasteiger charge is -2.00. The maximum Gasteiger partial charge on any atom is 0.153 e. The molecule has 0 aliphatic carbocycles. The highest BCUT2D eigenvalue weighted by Crippen LogP contribution is 2.09. The number of phenolic OH excluding ortho intramolecular Hbond substituents is 1. The molecule has 0 aliphatic heterocycles. The lowest BCUT2D eigenvalue weighted by Crippen LogP contribution is -2.10. The van der Waals surface area contributed by atoms with Crippen molar-refractivity contribution in [2.45, 2.75) is 6.82 Å². The SMILES string of the molecule is C=Cc1ccc([B]C)c(O)c1. The Bertz CT molecular complexity index is 268. The Hall–Kier alpha value is -1.18. The van der Waals surface area contributed by atoms with Gasteiger partial charge in [-0.3, -0.25) is 0 Å². The van der Waals surface area contributed by atoms with E-state index in [2.05, 4.69) is 6.58 Å². The molecule has 1 N–H and O–H groups in total. The largest absolute Gasteiger partial charge is 0.509 e. The van der Waals surface area contributed by atoms with Gasteiger partial charge in [0.1, 0.15) is 5.75 Å². The summed E-state index contributed by atoms with van der Waals surface area (Å²) in [5.41, 5.74) is 1.80. The molecule has 0 fully saturated rings. The van der Waals surface area contributed by atoms with Crippen LogP contribution >= 0.6 is 0 Å². The summed E-state index contributed by atoms with van der Waals surface area (Å²) in [6, 6.07) is 5.48. The summed E-state index contributed by atoms with van der Waals surface area (Å²) in [7, 11) is 1.86. The zero-order valence-corrected chi connectivity index (χ0v) is 6.54. The van der Waals surface area contributed by atoms with E-state index in [1.54, 1.807) is 12.1 Å². The van der Waals surface area contributed by atoms with E-state index >= 15 is 0 Å². The monoisotopic (exact) mass is 145 g/mol. The Morgan fingerprint density at radius 3 is 2.73 bits per heavy atom. The summed E-state index contributed by atoms with van der Waals surface area (Å²) in [6.07, 6.45) is 1.71. The molecular weight excluding hydrogens is 135 g/mol. The van der Waals surface area contributed by atoms with Crippen molar-refractivity contribution in [1.29, 1.82) is 0 Å². The Kier molecular flexibility index (Phi) is 2.37. The van der Waals surface area contributed by atoms with Crippen molar-refractivity contribution in [3.05, 3.63) is 30.3 Å². The van der Waals surface area contributed by atoms with Crippen molar-refractivity contribution in [1.82, 2.24) is 0 Å². The average Bonchev–Trinajstić information content (AvgIpc) is 2.04. The zero-order valence-electron chi connectivity index (χ0n) is 6.54. The summed E-state index contributed by atoms with van der Waals surface area (Å²) in [4.78, 5) is 0. The Morgan fingerprint density at radius 1 is 1.55 bits per heavy atom. The van der Waals surface area contributed by atoms with Crippen LogP contribution in [0.4, 0.5) is 0 Å². The van der Waals surface area contributed by atoms with E-state index in [4.69, 9.17) is 0 Å². The van der Waals surface area contributed by atoms with Gasteiger partial charge in [0.2, 0.25) is 0 Å². The second-order valence-corrected chi connectivity index (χ2v) is 2.31. The Balaban J connectivity index is 3.09. The van der Waals surface area contributed by atoms with Crippen molar-refractivity contribution < 1.29 is 5.11 Å². The van der Waals surface area contributed by atoms with Gasteiger partial charge in [0, 0.05) is 0 Å². The van der Waals surface area contributed by atoms with Gasteiger partial charge in [0.15, 0.2) is 7.28 Å². The number of benzene rings is 1. The third-order valence-corrected chi connectivity index (χ3v) is 1.60. The van der Waals surface area contributed by atoms with Gasteiger partial charge in [-0.25, -0.2) is 0 Å². The quantitative estimate of drug-likeness (QED) is 0.623. The molecule has 11 heavy (non-hydrogen) atoms. The molecule has 0 bridgehead atoms. The lowest BCUT2D eigenvalue weighted by atomic mass is 9.72. The molecular formula is C9H10BO. The van der Waals surface area contributed by atoms with Gasteiger partial charge in [0.05, 0.1) is 0 Å². The first-order valence-electron chi connectivity index (χ1n) is 3.52. The average molecular weight is 145 g/mol. The molecule has 1 rings (SSSR count). The molecule has 0 heterocycles. The Labute approximate surface area is 67.6 Å². The van der Waals surface area contributed by atoms with Crippen LogP contribution in [0.1, 0.15) is 5.56 Å². The third-order valence-electron chi connectivity index (χ3n) is 1.60. The van der Waals surface area contributed by atoms with Gasteiger partial charge in [-0.2, -0.15) is 0 Å². The second kappa shape index (κ2) is 3.29. The fourth-order valence-electron chi connectivity index (χ4n) is 0.932.